The van der Waals surface area contributed by atoms with Gasteiger partial charge in [-0.1, -0.05) is 66.5 Å². The Morgan fingerprint density at radius 1 is 1.10 bits per heavy atom. The molecular weight excluding hydrogens is 572 g/mol. The maximum atomic E-state index is 13.9. The molecule has 2 aromatic heterocycles. The molecule has 5 rings (SSSR count). The van der Waals surface area contributed by atoms with E-state index in [0.717, 1.165) is 18.9 Å². The Morgan fingerprint density at radius 2 is 1.82 bits per heavy atom. The predicted molar refractivity (Wildman–Crippen MR) is 142 cm³/mol. The van der Waals surface area contributed by atoms with E-state index < -0.39 is 28.3 Å². The second-order valence-electron chi connectivity index (χ2n) is 9.79. The average molecular weight is 595 g/mol. The number of carbonyl (C=O) groups excluding carboxylic acids is 1. The Balaban J connectivity index is 1.53. The molecule has 2 heterocycles. The number of rotatable bonds is 8. The summed E-state index contributed by atoms with van der Waals surface area (Å²) >= 11 is 11.8. The molecule has 1 fully saturated rings. The Morgan fingerprint density at radius 3 is 2.48 bits per heavy atom. The summed E-state index contributed by atoms with van der Waals surface area (Å²) in [6.45, 7) is 3.38. The van der Waals surface area contributed by atoms with Crippen molar-refractivity contribution in [2.24, 2.45) is 0 Å². The maximum absolute atomic E-state index is 13.9. The van der Waals surface area contributed by atoms with Gasteiger partial charge in [0.25, 0.3) is 5.91 Å². The number of nitrogens with zero attached hydrogens (tertiary/aromatic N) is 2. The lowest BCUT2D eigenvalue weighted by Crippen LogP contribution is -2.34. The van der Waals surface area contributed by atoms with E-state index in [1.54, 1.807) is 44.2 Å². The molecule has 1 aliphatic rings. The van der Waals surface area contributed by atoms with Gasteiger partial charge in [0, 0.05) is 28.8 Å². The quantitative estimate of drug-likeness (QED) is 0.192. The molecular formula is C28H23Cl2F3N2O5. The predicted octanol–water partition coefficient (Wildman–Crippen LogP) is 7.91. The van der Waals surface area contributed by atoms with Crippen LogP contribution in [0.4, 0.5) is 18.9 Å². The number of halogens is 5. The van der Waals surface area contributed by atoms with Gasteiger partial charge in [-0.15, -0.1) is 0 Å². The van der Waals surface area contributed by atoms with Crippen LogP contribution in [0.1, 0.15) is 61.2 Å². The highest BCUT2D eigenvalue weighted by molar-refractivity contribution is 6.54. The summed E-state index contributed by atoms with van der Waals surface area (Å²) in [7, 11) is 0. The molecule has 0 atom stereocenters. The molecule has 0 radical (unpaired) electrons. The summed E-state index contributed by atoms with van der Waals surface area (Å²) in [4.78, 5) is 24.5. The van der Waals surface area contributed by atoms with Crippen LogP contribution in [0, 0.1) is 0 Å². The van der Waals surface area contributed by atoms with Crippen molar-refractivity contribution in [1.29, 1.82) is 0 Å². The molecule has 0 saturated heterocycles. The van der Waals surface area contributed by atoms with Crippen LogP contribution in [0.5, 0.6) is 0 Å². The minimum Gasteiger partial charge on any atom is -0.395 e. The zero-order valence-corrected chi connectivity index (χ0v) is 22.8. The van der Waals surface area contributed by atoms with Gasteiger partial charge in [-0.2, -0.15) is 13.2 Å². The molecule has 1 amide bonds. The van der Waals surface area contributed by atoms with E-state index in [1.807, 2.05) is 0 Å². The summed E-state index contributed by atoms with van der Waals surface area (Å²) in [5.41, 5.74) is 0.623. The Hall–Kier alpha value is -3.50. The molecule has 0 spiro atoms. The highest BCUT2D eigenvalue weighted by Gasteiger charge is 2.38. The summed E-state index contributed by atoms with van der Waals surface area (Å²) in [5, 5.41) is 3.99. The van der Waals surface area contributed by atoms with Crippen LogP contribution in [0.2, 0.25) is 0 Å². The third-order valence-electron chi connectivity index (χ3n) is 6.58. The molecule has 7 nitrogen and oxygen atoms in total. The van der Waals surface area contributed by atoms with Gasteiger partial charge in [-0.3, -0.25) is 4.79 Å². The number of carbonyl (C=O) groups is 1. The van der Waals surface area contributed by atoms with Crippen molar-refractivity contribution in [3.05, 3.63) is 81.8 Å². The molecule has 0 unspecified atom stereocenters. The van der Waals surface area contributed by atoms with Crippen LogP contribution in [0.3, 0.4) is 0 Å². The Kier molecular flexibility index (Phi) is 7.58. The molecule has 210 valence electrons. The fourth-order valence-electron chi connectivity index (χ4n) is 4.61. The van der Waals surface area contributed by atoms with E-state index in [0.29, 0.717) is 16.8 Å². The van der Waals surface area contributed by atoms with E-state index in [9.17, 15) is 22.8 Å². The first kappa shape index (κ1) is 28.0. The van der Waals surface area contributed by atoms with Crippen LogP contribution in [-0.4, -0.2) is 15.9 Å². The van der Waals surface area contributed by atoms with Gasteiger partial charge < -0.3 is 18.3 Å². The second-order valence-corrected chi connectivity index (χ2v) is 10.9. The Bertz CT molecular complexity index is 1600. The first-order valence-electron chi connectivity index (χ1n) is 12.4. The number of amides is 1. The van der Waals surface area contributed by atoms with Crippen molar-refractivity contribution in [2.45, 2.75) is 56.1 Å². The van der Waals surface area contributed by atoms with Crippen molar-refractivity contribution >= 4 is 34.8 Å². The molecule has 40 heavy (non-hydrogen) atoms. The van der Waals surface area contributed by atoms with Gasteiger partial charge in [0.05, 0.1) is 12.1 Å². The third kappa shape index (κ3) is 5.69. The van der Waals surface area contributed by atoms with Crippen LogP contribution in [0.15, 0.2) is 66.7 Å². The molecule has 2 aromatic carbocycles. The lowest BCUT2D eigenvalue weighted by atomic mass is 9.94. The van der Waals surface area contributed by atoms with Crippen molar-refractivity contribution < 1.29 is 31.3 Å². The SMILES string of the molecule is CC(C)c1oc(=O)oc1CN(C(=O)C(Cl)Cl)c1cccc(-c2cc(-c3c(C4CC4)cccc3C(F)(F)F)no2)c1. The van der Waals surface area contributed by atoms with Crippen LogP contribution < -0.4 is 10.7 Å². The number of alkyl halides is 5. The minimum atomic E-state index is -4.57. The first-order chi connectivity index (χ1) is 18.9. The molecule has 0 bridgehead atoms. The number of anilines is 1. The molecule has 0 N–H and O–H groups in total. The van der Waals surface area contributed by atoms with E-state index >= 15 is 0 Å². The molecule has 1 saturated carbocycles. The van der Waals surface area contributed by atoms with E-state index in [4.69, 9.17) is 36.6 Å². The molecule has 12 heteroatoms. The third-order valence-corrected chi connectivity index (χ3v) is 6.95. The second kappa shape index (κ2) is 10.8. The number of aromatic nitrogens is 1. The van der Waals surface area contributed by atoms with Gasteiger partial charge in [0.2, 0.25) is 0 Å². The van der Waals surface area contributed by atoms with Gasteiger partial charge in [0.1, 0.15) is 5.69 Å². The number of hydrogen-bond acceptors (Lipinski definition) is 6. The van der Waals surface area contributed by atoms with Crippen molar-refractivity contribution in [3.63, 3.8) is 0 Å². The standard InChI is InChI=1S/C28H23Cl2F3N2O5/c1-14(2)24-22(38-27(37)39-24)13-35(26(36)25(29)30)17-6-3-5-16(11-17)21-12-20(34-40-21)23-18(15-9-10-15)7-4-8-19(23)28(31,32)33/h3-8,11-12,14-15,25H,9-10,13H2,1-2H3. The zero-order valence-electron chi connectivity index (χ0n) is 21.3. The lowest BCUT2D eigenvalue weighted by molar-refractivity contribution is -0.137. The van der Waals surface area contributed by atoms with Gasteiger partial charge in [0.15, 0.2) is 22.1 Å². The number of hydrogen-bond donors (Lipinski definition) is 0. The van der Waals surface area contributed by atoms with Crippen LogP contribution in [-0.2, 0) is 17.5 Å². The number of benzene rings is 2. The van der Waals surface area contributed by atoms with Gasteiger partial charge >= 0.3 is 12.0 Å². The molecule has 0 aliphatic heterocycles. The fraction of sp³-hybridized carbons (Fsp3) is 0.321. The van der Waals surface area contributed by atoms with Crippen LogP contribution >= 0.6 is 23.2 Å². The maximum Gasteiger partial charge on any atom is 0.519 e. The van der Waals surface area contributed by atoms with Gasteiger partial charge in [-0.25, -0.2) is 4.79 Å². The zero-order chi connectivity index (χ0) is 28.8. The summed E-state index contributed by atoms with van der Waals surface area (Å²) in [6, 6.07) is 12.0. The fourth-order valence-corrected chi connectivity index (χ4v) is 4.84. The van der Waals surface area contributed by atoms with E-state index in [-0.39, 0.29) is 46.9 Å². The molecule has 4 aromatic rings. The summed E-state index contributed by atoms with van der Waals surface area (Å²) in [5.74, 6) is -1.18. The lowest BCUT2D eigenvalue weighted by Gasteiger charge is -2.23. The largest absolute Gasteiger partial charge is 0.519 e. The average Bonchev–Trinajstić information content (AvgIpc) is 3.51. The topological polar surface area (TPSA) is 89.7 Å². The molecule has 1 aliphatic carbocycles. The van der Waals surface area contributed by atoms with Crippen molar-refractivity contribution in [2.75, 3.05) is 4.90 Å². The van der Waals surface area contributed by atoms with E-state index in [1.165, 1.54) is 17.0 Å². The highest BCUT2D eigenvalue weighted by Crippen LogP contribution is 2.48. The van der Waals surface area contributed by atoms with Crippen LogP contribution in [0.25, 0.3) is 22.6 Å². The summed E-state index contributed by atoms with van der Waals surface area (Å²) < 4.78 is 57.6. The van der Waals surface area contributed by atoms with E-state index in [2.05, 4.69) is 5.16 Å². The Labute approximate surface area is 236 Å². The normalized spacial score (nSPS) is 13.8. The van der Waals surface area contributed by atoms with Crippen molar-refractivity contribution in [1.82, 2.24) is 5.16 Å². The van der Waals surface area contributed by atoms with Gasteiger partial charge in [-0.05, 0) is 42.5 Å². The summed E-state index contributed by atoms with van der Waals surface area (Å²) in [6.07, 6.45) is -2.96. The monoisotopic (exact) mass is 594 g/mol. The smallest absolute Gasteiger partial charge is 0.395 e. The van der Waals surface area contributed by atoms with Crippen molar-refractivity contribution in [3.8, 4) is 22.6 Å². The minimum absolute atomic E-state index is 0.00350. The first-order valence-corrected chi connectivity index (χ1v) is 13.3. The highest BCUT2D eigenvalue weighted by atomic mass is 35.5.